The van der Waals surface area contributed by atoms with Gasteiger partial charge in [-0.3, -0.25) is 0 Å². The van der Waals surface area contributed by atoms with Gasteiger partial charge in [0.25, 0.3) is 0 Å². The summed E-state index contributed by atoms with van der Waals surface area (Å²) in [4.78, 5) is 10.8. The molecule has 13 heavy (non-hydrogen) atoms. The van der Waals surface area contributed by atoms with Gasteiger partial charge in [-0.25, -0.2) is 4.79 Å². The molecule has 0 aliphatic heterocycles. The molecule has 0 heterocycles. The lowest BCUT2D eigenvalue weighted by Gasteiger charge is -1.95. The van der Waals surface area contributed by atoms with Gasteiger partial charge < -0.3 is 4.74 Å². The standard InChI is InChI=1S/C10H17IO2/c1-2-13-10(12)8-6-4-3-5-7-9-11/h6,8H,2-5,7,9H2,1H3. The topological polar surface area (TPSA) is 26.3 Å². The Kier molecular flexibility index (Phi) is 9.98. The first-order valence-electron chi connectivity index (χ1n) is 4.70. The summed E-state index contributed by atoms with van der Waals surface area (Å²) in [7, 11) is 0. The molecule has 0 aliphatic rings. The van der Waals surface area contributed by atoms with Crippen LogP contribution in [0, 0.1) is 0 Å². The van der Waals surface area contributed by atoms with Crippen LogP contribution in [0.25, 0.3) is 0 Å². The number of rotatable bonds is 7. The van der Waals surface area contributed by atoms with Crippen molar-refractivity contribution in [3.8, 4) is 0 Å². The Bertz CT molecular complexity index is 155. The number of ether oxygens (including phenoxy) is 1. The molecule has 0 bridgehead atoms. The molecule has 0 aliphatic carbocycles. The van der Waals surface area contributed by atoms with Crippen molar-refractivity contribution >= 4 is 28.6 Å². The summed E-state index contributed by atoms with van der Waals surface area (Å²) in [6.07, 6.45) is 8.08. The summed E-state index contributed by atoms with van der Waals surface area (Å²) in [5.41, 5.74) is 0. The van der Waals surface area contributed by atoms with Crippen LogP contribution in [0.3, 0.4) is 0 Å². The number of unbranched alkanes of at least 4 members (excludes halogenated alkanes) is 3. The molecule has 0 fully saturated rings. The van der Waals surface area contributed by atoms with Crippen LogP contribution in [-0.2, 0) is 9.53 Å². The van der Waals surface area contributed by atoms with Gasteiger partial charge in [0, 0.05) is 6.08 Å². The fraction of sp³-hybridized carbons (Fsp3) is 0.700. The van der Waals surface area contributed by atoms with E-state index in [9.17, 15) is 4.79 Å². The van der Waals surface area contributed by atoms with Gasteiger partial charge in [-0.2, -0.15) is 0 Å². The van der Waals surface area contributed by atoms with Gasteiger partial charge in [0.1, 0.15) is 0 Å². The van der Waals surface area contributed by atoms with Crippen LogP contribution in [0.4, 0.5) is 0 Å². The lowest BCUT2D eigenvalue weighted by Crippen LogP contribution is -1.98. The number of allylic oxidation sites excluding steroid dienone is 1. The second-order valence-corrected chi connectivity index (χ2v) is 3.77. The second kappa shape index (κ2) is 10.0. The van der Waals surface area contributed by atoms with E-state index in [1.165, 1.54) is 29.8 Å². The predicted molar refractivity (Wildman–Crippen MR) is 63.1 cm³/mol. The highest BCUT2D eigenvalue weighted by atomic mass is 127. The van der Waals surface area contributed by atoms with Crippen LogP contribution < -0.4 is 0 Å². The first-order valence-corrected chi connectivity index (χ1v) is 6.23. The van der Waals surface area contributed by atoms with E-state index in [0.29, 0.717) is 6.61 Å². The van der Waals surface area contributed by atoms with Gasteiger partial charge in [-0.05, 0) is 30.6 Å². The molecular formula is C10H17IO2. The molecule has 76 valence electrons. The average Bonchev–Trinajstić information content (AvgIpc) is 2.11. The first-order chi connectivity index (χ1) is 6.31. The quantitative estimate of drug-likeness (QED) is 0.237. The summed E-state index contributed by atoms with van der Waals surface area (Å²) >= 11 is 2.38. The molecule has 0 saturated heterocycles. The van der Waals surface area contributed by atoms with Crippen molar-refractivity contribution in [1.29, 1.82) is 0 Å². The Morgan fingerprint density at radius 1 is 1.38 bits per heavy atom. The SMILES string of the molecule is CCOC(=O)C=CCCCCCI. The van der Waals surface area contributed by atoms with E-state index in [4.69, 9.17) is 4.74 Å². The van der Waals surface area contributed by atoms with Crippen LogP contribution in [-0.4, -0.2) is 17.0 Å². The van der Waals surface area contributed by atoms with Crippen molar-refractivity contribution in [3.63, 3.8) is 0 Å². The summed E-state index contributed by atoms with van der Waals surface area (Å²) in [6, 6.07) is 0. The van der Waals surface area contributed by atoms with E-state index >= 15 is 0 Å². The Labute approximate surface area is 93.9 Å². The molecule has 0 N–H and O–H groups in total. The molecule has 0 rings (SSSR count). The van der Waals surface area contributed by atoms with Crippen LogP contribution in [0.2, 0.25) is 0 Å². The highest BCUT2D eigenvalue weighted by molar-refractivity contribution is 14.1. The van der Waals surface area contributed by atoms with Crippen molar-refractivity contribution in [2.24, 2.45) is 0 Å². The maximum atomic E-state index is 10.8. The van der Waals surface area contributed by atoms with Crippen molar-refractivity contribution in [1.82, 2.24) is 0 Å². The van der Waals surface area contributed by atoms with Crippen LogP contribution in [0.1, 0.15) is 32.6 Å². The smallest absolute Gasteiger partial charge is 0.330 e. The summed E-state index contributed by atoms with van der Waals surface area (Å²) in [5.74, 6) is -0.226. The Balaban J connectivity index is 3.25. The Morgan fingerprint density at radius 3 is 2.77 bits per heavy atom. The third kappa shape index (κ3) is 9.86. The summed E-state index contributed by atoms with van der Waals surface area (Å²) in [6.45, 7) is 2.27. The van der Waals surface area contributed by atoms with Crippen LogP contribution in [0.15, 0.2) is 12.2 Å². The fourth-order valence-corrected chi connectivity index (χ4v) is 1.44. The molecular weight excluding hydrogens is 279 g/mol. The molecule has 0 unspecified atom stereocenters. The number of carbonyl (C=O) groups is 1. The van der Waals surface area contributed by atoms with Gasteiger partial charge in [-0.1, -0.05) is 35.1 Å². The number of hydrogen-bond acceptors (Lipinski definition) is 2. The maximum Gasteiger partial charge on any atom is 0.330 e. The van der Waals surface area contributed by atoms with Crippen molar-refractivity contribution < 1.29 is 9.53 Å². The zero-order valence-corrected chi connectivity index (χ0v) is 10.2. The normalized spacial score (nSPS) is 10.6. The van der Waals surface area contributed by atoms with E-state index in [-0.39, 0.29) is 5.97 Å². The van der Waals surface area contributed by atoms with Gasteiger partial charge in [0.2, 0.25) is 0 Å². The van der Waals surface area contributed by atoms with Crippen LogP contribution in [0.5, 0.6) is 0 Å². The molecule has 0 aromatic rings. The average molecular weight is 296 g/mol. The molecule has 3 heteroatoms. The van der Waals surface area contributed by atoms with Crippen molar-refractivity contribution in [2.75, 3.05) is 11.0 Å². The minimum atomic E-state index is -0.226. The fourth-order valence-electron chi connectivity index (χ4n) is 0.903. The molecule has 0 radical (unpaired) electrons. The molecule has 0 saturated carbocycles. The number of alkyl halides is 1. The minimum Gasteiger partial charge on any atom is -0.463 e. The van der Waals surface area contributed by atoms with Gasteiger partial charge >= 0.3 is 5.97 Å². The first kappa shape index (κ1) is 12.9. The third-order valence-corrected chi connectivity index (χ3v) is 2.31. The molecule has 0 amide bonds. The molecule has 0 aromatic heterocycles. The number of esters is 1. The molecule has 0 spiro atoms. The minimum absolute atomic E-state index is 0.226. The predicted octanol–water partition coefficient (Wildman–Crippen LogP) is 3.10. The van der Waals surface area contributed by atoms with E-state index in [2.05, 4.69) is 22.6 Å². The Morgan fingerprint density at radius 2 is 2.15 bits per heavy atom. The summed E-state index contributed by atoms with van der Waals surface area (Å²) in [5, 5.41) is 0. The summed E-state index contributed by atoms with van der Waals surface area (Å²) < 4.78 is 5.96. The van der Waals surface area contributed by atoms with Gasteiger partial charge in [0.05, 0.1) is 6.61 Å². The van der Waals surface area contributed by atoms with Gasteiger partial charge in [-0.15, -0.1) is 0 Å². The molecule has 2 nitrogen and oxygen atoms in total. The monoisotopic (exact) mass is 296 g/mol. The largest absolute Gasteiger partial charge is 0.463 e. The zero-order valence-electron chi connectivity index (χ0n) is 8.09. The molecule has 0 aromatic carbocycles. The maximum absolute atomic E-state index is 10.8. The van der Waals surface area contributed by atoms with E-state index < -0.39 is 0 Å². The van der Waals surface area contributed by atoms with E-state index in [1.54, 1.807) is 0 Å². The zero-order chi connectivity index (χ0) is 9.94. The Hall–Kier alpha value is -0.0600. The highest BCUT2D eigenvalue weighted by Gasteiger charge is 1.91. The van der Waals surface area contributed by atoms with Crippen molar-refractivity contribution in [3.05, 3.63) is 12.2 Å². The van der Waals surface area contributed by atoms with Gasteiger partial charge in [0.15, 0.2) is 0 Å². The number of carbonyl (C=O) groups excluding carboxylic acids is 1. The number of halogens is 1. The van der Waals surface area contributed by atoms with E-state index in [1.807, 2.05) is 13.0 Å². The lowest BCUT2D eigenvalue weighted by molar-refractivity contribution is -0.137. The second-order valence-electron chi connectivity index (χ2n) is 2.69. The van der Waals surface area contributed by atoms with E-state index in [0.717, 1.165) is 6.42 Å². The van der Waals surface area contributed by atoms with Crippen molar-refractivity contribution in [2.45, 2.75) is 32.6 Å². The number of hydrogen-bond donors (Lipinski definition) is 0. The van der Waals surface area contributed by atoms with Crippen LogP contribution >= 0.6 is 22.6 Å². The highest BCUT2D eigenvalue weighted by Crippen LogP contribution is 2.02. The third-order valence-electron chi connectivity index (χ3n) is 1.54. The lowest BCUT2D eigenvalue weighted by atomic mass is 10.2. The molecule has 0 atom stereocenters.